The number of pyridine rings is 1. The van der Waals surface area contributed by atoms with E-state index in [1.807, 2.05) is 30.3 Å². The number of carbonyl (C=O) groups is 1. The number of hydrogen-bond acceptors (Lipinski definition) is 4. The van der Waals surface area contributed by atoms with Gasteiger partial charge in [0.2, 0.25) is 0 Å². The molecule has 3 rings (SSSR count). The molecular weight excluding hydrogens is 403 g/mol. The van der Waals surface area contributed by atoms with Crippen molar-refractivity contribution in [3.8, 4) is 0 Å². The number of anilines is 1. The molecule has 0 spiro atoms. The van der Waals surface area contributed by atoms with E-state index in [2.05, 4.69) is 10.3 Å². The van der Waals surface area contributed by atoms with Crippen molar-refractivity contribution in [3.63, 3.8) is 0 Å². The van der Waals surface area contributed by atoms with Gasteiger partial charge in [-0.05, 0) is 42.3 Å². The van der Waals surface area contributed by atoms with Crippen LogP contribution in [0.2, 0.25) is 5.15 Å². The minimum absolute atomic E-state index is 0.00513. The number of aryl methyl sites for hydroxylation is 1. The molecule has 0 atom stereocenters. The first kappa shape index (κ1) is 20.0. The maximum Gasteiger partial charge on any atom is 0.255 e. The van der Waals surface area contributed by atoms with Crippen molar-refractivity contribution >= 4 is 33.0 Å². The number of nitrogens with one attached hydrogen (secondary N) is 1. The fourth-order valence-electron chi connectivity index (χ4n) is 2.55. The minimum atomic E-state index is -3.83. The summed E-state index contributed by atoms with van der Waals surface area (Å²) in [5.41, 5.74) is 1.22. The first-order valence-corrected chi connectivity index (χ1v) is 10.4. The maximum absolute atomic E-state index is 14.4. The van der Waals surface area contributed by atoms with Gasteiger partial charge in [0.05, 0.1) is 17.6 Å². The summed E-state index contributed by atoms with van der Waals surface area (Å²) < 4.78 is 39.4. The summed E-state index contributed by atoms with van der Waals surface area (Å²) >= 11 is 5.68. The number of halogens is 2. The predicted molar refractivity (Wildman–Crippen MR) is 106 cm³/mol. The molecule has 1 amide bonds. The highest BCUT2D eigenvalue weighted by Crippen LogP contribution is 2.20. The SMILES string of the molecule is O=C(Nc1ccc(Cl)nc1)c1ccc(S(=O)(=O)CCc2ccccc2)c(F)c1. The molecule has 1 aromatic heterocycles. The number of hydrogen-bond donors (Lipinski definition) is 1. The Labute approximate surface area is 167 Å². The van der Waals surface area contributed by atoms with Gasteiger partial charge in [-0.15, -0.1) is 0 Å². The van der Waals surface area contributed by atoms with Crippen LogP contribution in [0.15, 0.2) is 71.8 Å². The minimum Gasteiger partial charge on any atom is -0.321 e. The van der Waals surface area contributed by atoms with Gasteiger partial charge in [0.15, 0.2) is 9.84 Å². The zero-order valence-electron chi connectivity index (χ0n) is 14.6. The zero-order chi connectivity index (χ0) is 20.1. The summed E-state index contributed by atoms with van der Waals surface area (Å²) in [6.07, 6.45) is 1.63. The normalized spacial score (nSPS) is 11.2. The van der Waals surface area contributed by atoms with Crippen LogP contribution in [0.1, 0.15) is 15.9 Å². The van der Waals surface area contributed by atoms with Gasteiger partial charge in [0.1, 0.15) is 15.9 Å². The summed E-state index contributed by atoms with van der Waals surface area (Å²) in [5, 5.41) is 2.81. The van der Waals surface area contributed by atoms with Crippen LogP contribution in [-0.2, 0) is 16.3 Å². The van der Waals surface area contributed by atoms with Crippen molar-refractivity contribution in [2.24, 2.45) is 0 Å². The standard InChI is InChI=1S/C20H16ClFN2O3S/c21-19-9-7-16(13-23-19)24-20(25)15-6-8-18(17(22)12-15)28(26,27)11-10-14-4-2-1-3-5-14/h1-9,12-13H,10-11H2,(H,24,25). The molecule has 0 aliphatic rings. The molecule has 28 heavy (non-hydrogen) atoms. The van der Waals surface area contributed by atoms with E-state index in [0.29, 0.717) is 5.69 Å². The number of nitrogens with zero attached hydrogens (tertiary/aromatic N) is 1. The molecule has 0 saturated carbocycles. The molecule has 0 saturated heterocycles. The topological polar surface area (TPSA) is 76.1 Å². The van der Waals surface area contributed by atoms with Gasteiger partial charge in [-0.1, -0.05) is 41.9 Å². The van der Waals surface area contributed by atoms with Crippen LogP contribution in [0, 0.1) is 5.82 Å². The largest absolute Gasteiger partial charge is 0.321 e. The number of amides is 1. The Morgan fingerprint density at radius 1 is 1.07 bits per heavy atom. The first-order valence-electron chi connectivity index (χ1n) is 8.34. The van der Waals surface area contributed by atoms with Crippen LogP contribution >= 0.6 is 11.6 Å². The second kappa shape index (κ2) is 8.50. The lowest BCUT2D eigenvalue weighted by Crippen LogP contribution is -2.15. The Kier molecular flexibility index (Phi) is 6.06. The summed E-state index contributed by atoms with van der Waals surface area (Å²) in [6.45, 7) is 0. The Balaban J connectivity index is 1.73. The van der Waals surface area contributed by atoms with Crippen molar-refractivity contribution < 1.29 is 17.6 Å². The van der Waals surface area contributed by atoms with Gasteiger partial charge in [-0.3, -0.25) is 4.79 Å². The Bertz CT molecular complexity index is 1090. The number of aromatic nitrogens is 1. The molecule has 1 heterocycles. The molecule has 3 aromatic rings. The molecular formula is C20H16ClFN2O3S. The van der Waals surface area contributed by atoms with E-state index < -0.39 is 26.5 Å². The molecule has 5 nitrogen and oxygen atoms in total. The quantitative estimate of drug-likeness (QED) is 0.610. The lowest BCUT2D eigenvalue weighted by Gasteiger charge is -2.09. The first-order chi connectivity index (χ1) is 13.3. The van der Waals surface area contributed by atoms with E-state index in [1.54, 1.807) is 6.07 Å². The molecule has 1 N–H and O–H groups in total. The Hall–Kier alpha value is -2.77. The maximum atomic E-state index is 14.4. The average molecular weight is 419 g/mol. The van der Waals surface area contributed by atoms with Crippen molar-refractivity contribution in [1.82, 2.24) is 4.98 Å². The lowest BCUT2D eigenvalue weighted by molar-refractivity contribution is 0.102. The predicted octanol–water partition coefficient (Wildman–Crippen LogP) is 4.14. The zero-order valence-corrected chi connectivity index (χ0v) is 16.2. The molecule has 0 fully saturated rings. The number of rotatable bonds is 6. The van der Waals surface area contributed by atoms with Crippen molar-refractivity contribution in [2.45, 2.75) is 11.3 Å². The van der Waals surface area contributed by atoms with E-state index >= 15 is 0 Å². The van der Waals surface area contributed by atoms with Crippen LogP contribution in [-0.4, -0.2) is 25.1 Å². The monoisotopic (exact) mass is 418 g/mol. The fourth-order valence-corrected chi connectivity index (χ4v) is 4.02. The second-order valence-electron chi connectivity index (χ2n) is 6.02. The van der Waals surface area contributed by atoms with Gasteiger partial charge in [-0.2, -0.15) is 0 Å². The van der Waals surface area contributed by atoms with Gasteiger partial charge >= 0.3 is 0 Å². The molecule has 0 unspecified atom stereocenters. The Morgan fingerprint density at radius 3 is 2.46 bits per heavy atom. The van der Waals surface area contributed by atoms with Crippen LogP contribution < -0.4 is 5.32 Å². The number of carbonyl (C=O) groups excluding carboxylic acids is 1. The third-order valence-corrected chi connectivity index (χ3v) is 5.98. The van der Waals surface area contributed by atoms with Gasteiger partial charge in [-0.25, -0.2) is 17.8 Å². The van der Waals surface area contributed by atoms with Crippen molar-refractivity contribution in [2.75, 3.05) is 11.1 Å². The van der Waals surface area contributed by atoms with Crippen LogP contribution in [0.4, 0.5) is 10.1 Å². The van der Waals surface area contributed by atoms with Crippen LogP contribution in [0.5, 0.6) is 0 Å². The highest BCUT2D eigenvalue weighted by molar-refractivity contribution is 7.91. The molecule has 8 heteroatoms. The fraction of sp³-hybridized carbons (Fsp3) is 0.100. The summed E-state index contributed by atoms with van der Waals surface area (Å²) in [7, 11) is -3.83. The summed E-state index contributed by atoms with van der Waals surface area (Å²) in [6, 6.07) is 15.4. The van der Waals surface area contributed by atoms with Gasteiger partial charge in [0.25, 0.3) is 5.91 Å². The summed E-state index contributed by atoms with van der Waals surface area (Å²) in [5.74, 6) is -1.78. The molecule has 0 aliphatic heterocycles. The smallest absolute Gasteiger partial charge is 0.255 e. The van der Waals surface area contributed by atoms with E-state index in [0.717, 1.165) is 17.7 Å². The van der Waals surface area contributed by atoms with E-state index in [4.69, 9.17) is 11.6 Å². The number of sulfone groups is 1. The van der Waals surface area contributed by atoms with Crippen molar-refractivity contribution in [1.29, 1.82) is 0 Å². The van der Waals surface area contributed by atoms with Gasteiger partial charge < -0.3 is 5.32 Å². The highest BCUT2D eigenvalue weighted by Gasteiger charge is 2.21. The van der Waals surface area contributed by atoms with E-state index in [1.165, 1.54) is 18.3 Å². The molecule has 0 aliphatic carbocycles. The highest BCUT2D eigenvalue weighted by atomic mass is 35.5. The van der Waals surface area contributed by atoms with E-state index in [-0.39, 0.29) is 22.9 Å². The molecule has 0 bridgehead atoms. The lowest BCUT2D eigenvalue weighted by atomic mass is 10.2. The average Bonchev–Trinajstić information content (AvgIpc) is 2.69. The molecule has 0 radical (unpaired) electrons. The molecule has 144 valence electrons. The number of benzene rings is 2. The third-order valence-electron chi connectivity index (χ3n) is 4.02. The van der Waals surface area contributed by atoms with Crippen LogP contribution in [0.3, 0.4) is 0 Å². The second-order valence-corrected chi connectivity index (χ2v) is 8.49. The molecule has 2 aromatic carbocycles. The third kappa shape index (κ3) is 4.94. The van der Waals surface area contributed by atoms with E-state index in [9.17, 15) is 17.6 Å². The van der Waals surface area contributed by atoms with Crippen LogP contribution in [0.25, 0.3) is 0 Å². The summed E-state index contributed by atoms with van der Waals surface area (Å²) in [4.78, 5) is 15.6. The Morgan fingerprint density at radius 2 is 1.82 bits per heavy atom. The van der Waals surface area contributed by atoms with Crippen molar-refractivity contribution in [3.05, 3.63) is 89.0 Å². The van der Waals surface area contributed by atoms with Gasteiger partial charge in [0, 0.05) is 5.56 Å².